The van der Waals surface area contributed by atoms with Gasteiger partial charge in [-0.2, -0.15) is 0 Å². The van der Waals surface area contributed by atoms with Crippen LogP contribution in [-0.2, 0) is 11.3 Å². The van der Waals surface area contributed by atoms with Crippen LogP contribution in [0.5, 0.6) is 17.4 Å². The predicted molar refractivity (Wildman–Crippen MR) is 137 cm³/mol. The number of aromatic nitrogens is 4. The van der Waals surface area contributed by atoms with Gasteiger partial charge >= 0.3 is 12.5 Å². The van der Waals surface area contributed by atoms with Crippen molar-refractivity contribution in [2.45, 2.75) is 39.2 Å². The van der Waals surface area contributed by atoms with Crippen molar-refractivity contribution < 1.29 is 32.2 Å². The first kappa shape index (κ1) is 27.8. The summed E-state index contributed by atoms with van der Waals surface area (Å²) in [5.74, 6) is 0.0481. The summed E-state index contributed by atoms with van der Waals surface area (Å²) in [4.78, 5) is 24.7. The van der Waals surface area contributed by atoms with Crippen LogP contribution in [0.4, 0.5) is 29.5 Å². The zero-order valence-corrected chi connectivity index (χ0v) is 21.8. The topological polar surface area (TPSA) is 112 Å². The molecule has 0 radical (unpaired) electrons. The average Bonchev–Trinajstić information content (AvgIpc) is 3.23. The van der Waals surface area contributed by atoms with Crippen LogP contribution >= 0.6 is 11.6 Å². The number of nitrogens with one attached hydrogen (secondary N) is 2. The van der Waals surface area contributed by atoms with Crippen LogP contribution in [0.15, 0.2) is 55.1 Å². The molecule has 0 unspecified atom stereocenters. The third-order valence-corrected chi connectivity index (χ3v) is 5.19. The van der Waals surface area contributed by atoms with Crippen LogP contribution < -0.4 is 20.1 Å². The summed E-state index contributed by atoms with van der Waals surface area (Å²) in [6.45, 7) is 6.04. The van der Waals surface area contributed by atoms with Crippen molar-refractivity contribution in [3.8, 4) is 17.4 Å². The molecule has 0 aliphatic carbocycles. The van der Waals surface area contributed by atoms with Gasteiger partial charge in [-0.05, 0) is 45.0 Å². The summed E-state index contributed by atoms with van der Waals surface area (Å²) in [5, 5.41) is 5.96. The van der Waals surface area contributed by atoms with Crippen LogP contribution in [-0.4, -0.2) is 44.1 Å². The first-order valence-electron chi connectivity index (χ1n) is 11.6. The second kappa shape index (κ2) is 11.2. The molecule has 1 aromatic carbocycles. The highest BCUT2D eigenvalue weighted by Gasteiger charge is 2.31. The lowest BCUT2D eigenvalue weighted by molar-refractivity contribution is -0.274. The SMILES string of the molecule is CC(C)(C)NC(=O)OCCn1ccc2ncnc(Nc3cnc(Oc4cccc(OC(F)(F)F)c4)c(Cl)c3)c21. The smallest absolute Gasteiger partial charge is 0.448 e. The molecular formula is C25H24ClF3N6O4. The first-order valence-corrected chi connectivity index (χ1v) is 12.0. The van der Waals surface area contributed by atoms with E-state index in [1.54, 1.807) is 12.3 Å². The number of nitrogens with zero attached hydrogens (tertiary/aromatic N) is 4. The molecule has 3 aromatic heterocycles. The number of amides is 1. The number of ether oxygens (including phenoxy) is 3. The molecule has 14 heteroatoms. The number of alkyl halides is 3. The van der Waals surface area contributed by atoms with Gasteiger partial charge < -0.3 is 29.4 Å². The van der Waals surface area contributed by atoms with E-state index >= 15 is 0 Å². The molecule has 39 heavy (non-hydrogen) atoms. The maximum absolute atomic E-state index is 12.5. The molecule has 2 N–H and O–H groups in total. The fraction of sp³-hybridized carbons (Fsp3) is 0.280. The highest BCUT2D eigenvalue weighted by atomic mass is 35.5. The minimum atomic E-state index is -4.83. The van der Waals surface area contributed by atoms with E-state index in [9.17, 15) is 18.0 Å². The lowest BCUT2D eigenvalue weighted by Crippen LogP contribution is -2.41. The number of carbonyl (C=O) groups is 1. The number of fused-ring (bicyclic) bond motifs is 1. The van der Waals surface area contributed by atoms with Crippen molar-refractivity contribution in [2.24, 2.45) is 0 Å². The van der Waals surface area contributed by atoms with Gasteiger partial charge in [0.15, 0.2) is 5.82 Å². The van der Waals surface area contributed by atoms with Gasteiger partial charge in [0.2, 0.25) is 5.88 Å². The van der Waals surface area contributed by atoms with Gasteiger partial charge in [0, 0.05) is 17.8 Å². The fourth-order valence-electron chi connectivity index (χ4n) is 3.44. The first-order chi connectivity index (χ1) is 18.4. The number of hydrogen-bond acceptors (Lipinski definition) is 8. The Balaban J connectivity index is 1.46. The maximum Gasteiger partial charge on any atom is 0.573 e. The number of carbonyl (C=O) groups excluding carboxylic acids is 1. The third kappa shape index (κ3) is 7.87. The van der Waals surface area contributed by atoms with Gasteiger partial charge in [-0.25, -0.2) is 19.7 Å². The van der Waals surface area contributed by atoms with E-state index in [0.29, 0.717) is 29.1 Å². The third-order valence-electron chi connectivity index (χ3n) is 4.92. The summed E-state index contributed by atoms with van der Waals surface area (Å²) in [5.41, 5.74) is 1.38. The molecule has 0 bridgehead atoms. The van der Waals surface area contributed by atoms with Crippen molar-refractivity contribution in [2.75, 3.05) is 11.9 Å². The summed E-state index contributed by atoms with van der Waals surface area (Å²) in [6, 6.07) is 8.33. The summed E-state index contributed by atoms with van der Waals surface area (Å²) < 4.78 is 54.1. The molecule has 4 aromatic rings. The molecule has 0 aliphatic rings. The summed E-state index contributed by atoms with van der Waals surface area (Å²) in [7, 11) is 0. The van der Waals surface area contributed by atoms with Crippen molar-refractivity contribution >= 4 is 40.2 Å². The second-order valence-electron chi connectivity index (χ2n) is 9.24. The van der Waals surface area contributed by atoms with Crippen molar-refractivity contribution in [3.63, 3.8) is 0 Å². The van der Waals surface area contributed by atoms with Crippen molar-refractivity contribution in [3.05, 3.63) is 60.1 Å². The molecule has 0 spiro atoms. The van der Waals surface area contributed by atoms with Crippen molar-refractivity contribution in [1.82, 2.24) is 24.8 Å². The van der Waals surface area contributed by atoms with E-state index in [-0.39, 0.29) is 23.3 Å². The molecule has 10 nitrogen and oxygen atoms in total. The quantitative estimate of drug-likeness (QED) is 0.251. The second-order valence-corrected chi connectivity index (χ2v) is 9.64. The molecular weight excluding hydrogens is 541 g/mol. The molecule has 4 rings (SSSR count). The fourth-order valence-corrected chi connectivity index (χ4v) is 3.65. The number of hydrogen-bond donors (Lipinski definition) is 2. The van der Waals surface area contributed by atoms with E-state index < -0.39 is 23.7 Å². The maximum atomic E-state index is 12.5. The highest BCUT2D eigenvalue weighted by Crippen LogP contribution is 2.33. The Morgan fingerprint density at radius 2 is 1.85 bits per heavy atom. The van der Waals surface area contributed by atoms with E-state index in [4.69, 9.17) is 21.1 Å². The van der Waals surface area contributed by atoms with E-state index in [1.807, 2.05) is 25.3 Å². The average molecular weight is 565 g/mol. The molecule has 3 heterocycles. The molecule has 1 amide bonds. The Morgan fingerprint density at radius 1 is 1.08 bits per heavy atom. The van der Waals surface area contributed by atoms with Gasteiger partial charge in [0.1, 0.15) is 35.0 Å². The van der Waals surface area contributed by atoms with Gasteiger partial charge in [0.25, 0.3) is 0 Å². The molecule has 0 fully saturated rings. The van der Waals surface area contributed by atoms with Crippen LogP contribution in [0.25, 0.3) is 11.0 Å². The van der Waals surface area contributed by atoms with Crippen molar-refractivity contribution in [1.29, 1.82) is 0 Å². The summed E-state index contributed by atoms with van der Waals surface area (Å²) >= 11 is 6.33. The molecule has 206 valence electrons. The van der Waals surface area contributed by atoms with Crippen LogP contribution in [0.2, 0.25) is 5.02 Å². The molecule has 0 aliphatic heterocycles. The standard InChI is InChI=1S/C25H24ClF3N6O4/c1-24(2,3)34-23(36)37-10-9-35-8-7-19-20(35)21(32-14-31-19)33-15-11-18(26)22(30-13-15)38-16-5-4-6-17(12-16)39-25(27,28)29/h4-8,11-14H,9-10H2,1-3H3,(H,34,36)(H,31,32,33). The largest absolute Gasteiger partial charge is 0.573 e. The zero-order valence-electron chi connectivity index (χ0n) is 21.0. The summed E-state index contributed by atoms with van der Waals surface area (Å²) in [6.07, 6.45) is -0.726. The number of rotatable bonds is 8. The lowest BCUT2D eigenvalue weighted by atomic mass is 10.1. The number of halogens is 4. The molecule has 0 atom stereocenters. The highest BCUT2D eigenvalue weighted by molar-refractivity contribution is 6.32. The number of alkyl carbamates (subject to hydrolysis) is 1. The zero-order chi connectivity index (χ0) is 28.2. The van der Waals surface area contributed by atoms with Gasteiger partial charge in [-0.3, -0.25) is 0 Å². The lowest BCUT2D eigenvalue weighted by Gasteiger charge is -2.20. The van der Waals surface area contributed by atoms with Crippen LogP contribution in [0.1, 0.15) is 20.8 Å². The van der Waals surface area contributed by atoms with E-state index in [0.717, 1.165) is 12.1 Å². The minimum Gasteiger partial charge on any atom is -0.448 e. The van der Waals surface area contributed by atoms with E-state index in [1.165, 1.54) is 30.7 Å². The predicted octanol–water partition coefficient (Wildman–Crippen LogP) is 6.44. The molecule has 0 saturated carbocycles. The normalized spacial score (nSPS) is 11.8. The molecule has 0 saturated heterocycles. The Bertz CT molecular complexity index is 1470. The van der Waals surface area contributed by atoms with Crippen LogP contribution in [0.3, 0.4) is 0 Å². The van der Waals surface area contributed by atoms with Gasteiger partial charge in [0.05, 0.1) is 23.9 Å². The van der Waals surface area contributed by atoms with Gasteiger partial charge in [-0.15, -0.1) is 13.2 Å². The van der Waals surface area contributed by atoms with Gasteiger partial charge in [-0.1, -0.05) is 17.7 Å². The Kier molecular flexibility index (Phi) is 8.00. The minimum absolute atomic E-state index is 0.0201. The monoisotopic (exact) mass is 564 g/mol. The number of pyridine rings is 1. The number of anilines is 2. The Hall–Kier alpha value is -4.26. The number of benzene rings is 1. The van der Waals surface area contributed by atoms with E-state index in [2.05, 4.69) is 30.3 Å². The van der Waals surface area contributed by atoms with Crippen LogP contribution in [0, 0.1) is 0 Å². The Labute approximate surface area is 226 Å². The Morgan fingerprint density at radius 3 is 2.56 bits per heavy atom.